The molecule has 26 heavy (non-hydrogen) atoms. The van der Waals surface area contributed by atoms with Crippen molar-refractivity contribution in [3.63, 3.8) is 0 Å². The number of rotatable bonds is 3. The molecular weight excluding hydrogens is 336 g/mol. The zero-order valence-corrected chi connectivity index (χ0v) is 14.4. The van der Waals surface area contributed by atoms with Crippen LogP contribution in [-0.2, 0) is 9.59 Å². The SMILES string of the molecule is C[C@@H]1CNC[C@H]1Nc1ccc2c(c1)C(=O)N(C1CCC(=O)NC1=O)C2=O. The van der Waals surface area contributed by atoms with Crippen LogP contribution in [0.1, 0.15) is 40.5 Å². The third kappa shape index (κ3) is 2.66. The lowest BCUT2D eigenvalue weighted by Crippen LogP contribution is -2.54. The minimum Gasteiger partial charge on any atom is -0.381 e. The highest BCUT2D eigenvalue weighted by Gasteiger charge is 2.44. The summed E-state index contributed by atoms with van der Waals surface area (Å²) in [5.41, 5.74) is 1.36. The van der Waals surface area contributed by atoms with E-state index < -0.39 is 23.8 Å². The van der Waals surface area contributed by atoms with E-state index in [0.29, 0.717) is 17.0 Å². The van der Waals surface area contributed by atoms with Gasteiger partial charge in [-0.05, 0) is 37.1 Å². The van der Waals surface area contributed by atoms with Crippen LogP contribution >= 0.6 is 0 Å². The average molecular weight is 356 g/mol. The van der Waals surface area contributed by atoms with Crippen LogP contribution in [-0.4, -0.2) is 53.7 Å². The van der Waals surface area contributed by atoms with E-state index in [1.165, 1.54) is 0 Å². The summed E-state index contributed by atoms with van der Waals surface area (Å²) in [5, 5.41) is 8.90. The molecule has 1 unspecified atom stereocenters. The summed E-state index contributed by atoms with van der Waals surface area (Å²) >= 11 is 0. The molecule has 3 atom stereocenters. The van der Waals surface area contributed by atoms with Gasteiger partial charge in [-0.3, -0.25) is 29.4 Å². The highest BCUT2D eigenvalue weighted by Crippen LogP contribution is 2.30. The summed E-state index contributed by atoms with van der Waals surface area (Å²) in [6.45, 7) is 3.92. The van der Waals surface area contributed by atoms with Crippen molar-refractivity contribution in [2.75, 3.05) is 18.4 Å². The van der Waals surface area contributed by atoms with E-state index in [1.54, 1.807) is 18.2 Å². The molecule has 0 radical (unpaired) electrons. The van der Waals surface area contributed by atoms with Crippen LogP contribution in [0, 0.1) is 5.92 Å². The molecule has 0 spiro atoms. The fourth-order valence-electron chi connectivity index (χ4n) is 3.78. The van der Waals surface area contributed by atoms with Gasteiger partial charge in [-0.1, -0.05) is 6.92 Å². The maximum atomic E-state index is 12.8. The zero-order valence-electron chi connectivity index (χ0n) is 14.4. The van der Waals surface area contributed by atoms with Crippen LogP contribution in [0.3, 0.4) is 0 Å². The highest BCUT2D eigenvalue weighted by molar-refractivity contribution is 6.23. The maximum absolute atomic E-state index is 12.8. The largest absolute Gasteiger partial charge is 0.381 e. The van der Waals surface area contributed by atoms with Crippen molar-refractivity contribution in [2.45, 2.75) is 31.8 Å². The number of imide groups is 2. The third-order valence-electron chi connectivity index (χ3n) is 5.31. The summed E-state index contributed by atoms with van der Waals surface area (Å²) in [7, 11) is 0. The molecule has 3 aliphatic heterocycles. The van der Waals surface area contributed by atoms with E-state index in [2.05, 4.69) is 22.9 Å². The van der Waals surface area contributed by atoms with Crippen molar-refractivity contribution in [1.82, 2.24) is 15.5 Å². The van der Waals surface area contributed by atoms with Crippen molar-refractivity contribution in [3.05, 3.63) is 29.3 Å². The van der Waals surface area contributed by atoms with Crippen LogP contribution < -0.4 is 16.0 Å². The molecular formula is C18H20N4O4. The first-order valence-corrected chi connectivity index (χ1v) is 8.78. The standard InChI is InChI=1S/C18H20N4O4/c1-9-7-19-8-13(9)20-10-2-3-11-12(6-10)18(26)22(17(11)25)14-4-5-15(23)21-16(14)24/h2-3,6,9,13-14,19-20H,4-5,7-8H2,1H3,(H,21,23,24)/t9-,13-,14?/m1/s1. The van der Waals surface area contributed by atoms with Crippen molar-refractivity contribution in [2.24, 2.45) is 5.92 Å². The van der Waals surface area contributed by atoms with E-state index in [-0.39, 0.29) is 24.8 Å². The topological polar surface area (TPSA) is 108 Å². The summed E-state index contributed by atoms with van der Waals surface area (Å²) in [4.78, 5) is 49.8. The first kappa shape index (κ1) is 16.7. The van der Waals surface area contributed by atoms with Gasteiger partial charge >= 0.3 is 0 Å². The molecule has 0 aliphatic carbocycles. The molecule has 8 heteroatoms. The van der Waals surface area contributed by atoms with Crippen molar-refractivity contribution < 1.29 is 19.2 Å². The van der Waals surface area contributed by atoms with Gasteiger partial charge in [0.15, 0.2) is 0 Å². The number of amides is 4. The molecule has 1 aromatic rings. The molecule has 136 valence electrons. The normalized spacial score (nSPS) is 28.3. The fraction of sp³-hybridized carbons (Fsp3) is 0.444. The smallest absolute Gasteiger partial charge is 0.262 e. The van der Waals surface area contributed by atoms with Gasteiger partial charge in [-0.2, -0.15) is 0 Å². The second-order valence-corrected chi connectivity index (χ2v) is 7.09. The minimum atomic E-state index is -0.935. The quantitative estimate of drug-likeness (QED) is 0.664. The van der Waals surface area contributed by atoms with Gasteiger partial charge in [-0.25, -0.2) is 0 Å². The van der Waals surface area contributed by atoms with Gasteiger partial charge < -0.3 is 10.6 Å². The van der Waals surface area contributed by atoms with E-state index in [4.69, 9.17) is 0 Å². The molecule has 8 nitrogen and oxygen atoms in total. The summed E-state index contributed by atoms with van der Waals surface area (Å²) in [6.07, 6.45) is 0.273. The summed E-state index contributed by atoms with van der Waals surface area (Å²) in [6, 6.07) is 4.40. The Morgan fingerprint density at radius 2 is 1.85 bits per heavy atom. The number of fused-ring (bicyclic) bond motifs is 1. The molecule has 0 aromatic heterocycles. The number of anilines is 1. The summed E-state index contributed by atoms with van der Waals surface area (Å²) < 4.78 is 0. The predicted octanol–water partition coefficient (Wildman–Crippen LogP) is 0.108. The van der Waals surface area contributed by atoms with Gasteiger partial charge in [0.05, 0.1) is 11.1 Å². The molecule has 1 aromatic carbocycles. The van der Waals surface area contributed by atoms with Crippen LogP contribution in [0.25, 0.3) is 0 Å². The lowest BCUT2D eigenvalue weighted by Gasteiger charge is -2.27. The Bertz CT molecular complexity index is 821. The Kier molecular flexibility index (Phi) is 3.99. The van der Waals surface area contributed by atoms with Gasteiger partial charge in [0.25, 0.3) is 11.8 Å². The second kappa shape index (κ2) is 6.21. The predicted molar refractivity (Wildman–Crippen MR) is 92.6 cm³/mol. The first-order chi connectivity index (χ1) is 12.5. The minimum absolute atomic E-state index is 0.114. The van der Waals surface area contributed by atoms with E-state index in [1.807, 2.05) is 0 Å². The van der Waals surface area contributed by atoms with E-state index in [9.17, 15) is 19.2 Å². The van der Waals surface area contributed by atoms with Crippen LogP contribution in [0.5, 0.6) is 0 Å². The molecule has 2 saturated heterocycles. The molecule has 3 aliphatic rings. The van der Waals surface area contributed by atoms with E-state index >= 15 is 0 Å². The van der Waals surface area contributed by atoms with Crippen LogP contribution in [0.15, 0.2) is 18.2 Å². The van der Waals surface area contributed by atoms with Crippen molar-refractivity contribution in [1.29, 1.82) is 0 Å². The number of benzene rings is 1. The molecule has 2 fully saturated rings. The lowest BCUT2D eigenvalue weighted by atomic mass is 10.0. The number of carbonyl (C=O) groups is 4. The average Bonchev–Trinajstić information content (AvgIpc) is 3.11. The van der Waals surface area contributed by atoms with Crippen molar-refractivity contribution in [3.8, 4) is 0 Å². The van der Waals surface area contributed by atoms with Crippen molar-refractivity contribution >= 4 is 29.3 Å². The van der Waals surface area contributed by atoms with Gasteiger partial charge in [0.2, 0.25) is 11.8 Å². The maximum Gasteiger partial charge on any atom is 0.262 e. The Balaban J connectivity index is 1.58. The second-order valence-electron chi connectivity index (χ2n) is 7.09. The number of hydrogen-bond acceptors (Lipinski definition) is 6. The lowest BCUT2D eigenvalue weighted by molar-refractivity contribution is -0.136. The zero-order chi connectivity index (χ0) is 18.4. The van der Waals surface area contributed by atoms with Crippen LogP contribution in [0.4, 0.5) is 5.69 Å². The third-order valence-corrected chi connectivity index (χ3v) is 5.31. The number of nitrogens with one attached hydrogen (secondary N) is 3. The Morgan fingerprint density at radius 1 is 1.08 bits per heavy atom. The monoisotopic (exact) mass is 356 g/mol. The highest BCUT2D eigenvalue weighted by atomic mass is 16.2. The van der Waals surface area contributed by atoms with E-state index in [0.717, 1.165) is 23.7 Å². The number of piperidine rings is 1. The molecule has 4 amide bonds. The van der Waals surface area contributed by atoms with Gasteiger partial charge in [0, 0.05) is 24.7 Å². The number of hydrogen-bond donors (Lipinski definition) is 3. The molecule has 3 heterocycles. The molecule has 0 bridgehead atoms. The number of carbonyl (C=O) groups excluding carboxylic acids is 4. The fourth-order valence-corrected chi connectivity index (χ4v) is 3.78. The summed E-state index contributed by atoms with van der Waals surface area (Å²) in [5.74, 6) is -1.49. The van der Waals surface area contributed by atoms with Gasteiger partial charge in [0.1, 0.15) is 6.04 Å². The Labute approximate surface area is 150 Å². The Morgan fingerprint density at radius 3 is 2.54 bits per heavy atom. The molecule has 0 saturated carbocycles. The molecule has 3 N–H and O–H groups in total. The first-order valence-electron chi connectivity index (χ1n) is 8.78. The van der Waals surface area contributed by atoms with Crippen LogP contribution in [0.2, 0.25) is 0 Å². The Hall–Kier alpha value is -2.74. The molecule has 4 rings (SSSR count). The van der Waals surface area contributed by atoms with Gasteiger partial charge in [-0.15, -0.1) is 0 Å². The number of nitrogens with zero attached hydrogens (tertiary/aromatic N) is 1.